The number of ether oxygens (including phenoxy) is 2. The van der Waals surface area contributed by atoms with Crippen molar-refractivity contribution in [2.75, 3.05) is 11.7 Å². The van der Waals surface area contributed by atoms with E-state index in [1.165, 1.54) is 9.13 Å². The summed E-state index contributed by atoms with van der Waals surface area (Å²) in [4.78, 5) is 10.3. The molecule has 1 fully saturated rings. The number of H-pyrrole nitrogens is 1. The molecule has 1 saturated heterocycles. The number of aromatic amines is 1. The van der Waals surface area contributed by atoms with Crippen LogP contribution in [0.5, 0.6) is 11.5 Å². The van der Waals surface area contributed by atoms with Crippen LogP contribution < -0.4 is 19.7 Å². The molecule has 0 saturated carbocycles. The molecule has 0 spiro atoms. The molecule has 6 nitrogen and oxygen atoms in total. The highest BCUT2D eigenvalue weighted by atomic mass is 127. The lowest BCUT2D eigenvalue weighted by molar-refractivity contribution is 0.174. The Hall–Kier alpha value is -2.33. The Labute approximate surface area is 187 Å². The standard InChI is InChI=1S/C21H19IN4O2S/c1-11-17(18(22)12(2)24-11)20-19(14-5-3-4-8-23-14)25-21(29)26(20)13-6-7-15-16(9-13)28-10-27-15/h3-9,19-20,24H,10H2,1-2H3,(H,25,29)/t19-,20+/m0/s1. The molecule has 0 aliphatic carbocycles. The van der Waals surface area contributed by atoms with Gasteiger partial charge >= 0.3 is 0 Å². The molecular formula is C21H19IN4O2S. The maximum atomic E-state index is 5.80. The highest BCUT2D eigenvalue weighted by Gasteiger charge is 2.43. The number of halogens is 1. The van der Waals surface area contributed by atoms with Crippen LogP contribution in [0.2, 0.25) is 0 Å². The first kappa shape index (κ1) is 18.7. The van der Waals surface area contributed by atoms with E-state index in [4.69, 9.17) is 21.7 Å². The van der Waals surface area contributed by atoms with Crippen LogP contribution in [-0.2, 0) is 0 Å². The zero-order valence-corrected chi connectivity index (χ0v) is 18.9. The molecule has 148 valence electrons. The number of nitrogens with zero attached hydrogens (tertiary/aromatic N) is 2. The summed E-state index contributed by atoms with van der Waals surface area (Å²) in [6.45, 7) is 4.45. The van der Waals surface area contributed by atoms with Gasteiger partial charge in [-0.1, -0.05) is 6.07 Å². The maximum absolute atomic E-state index is 5.80. The minimum Gasteiger partial charge on any atom is -0.454 e. The normalized spacial score (nSPS) is 20.2. The van der Waals surface area contributed by atoms with E-state index in [0.29, 0.717) is 5.11 Å². The Balaban J connectivity index is 1.67. The SMILES string of the molecule is Cc1[nH]c(C)c([C@@H]2[C@H](c3ccccn3)NC(=S)N2c2ccc3c(c2)OCO3)c1I. The molecule has 2 aliphatic heterocycles. The Morgan fingerprint density at radius 3 is 2.69 bits per heavy atom. The van der Waals surface area contributed by atoms with Crippen LogP contribution in [-0.4, -0.2) is 21.9 Å². The van der Waals surface area contributed by atoms with Crippen molar-refractivity contribution >= 4 is 45.6 Å². The molecule has 2 N–H and O–H groups in total. The fourth-order valence-electron chi connectivity index (χ4n) is 4.08. The van der Waals surface area contributed by atoms with E-state index >= 15 is 0 Å². The molecule has 3 aromatic rings. The van der Waals surface area contributed by atoms with Crippen molar-refractivity contribution in [3.05, 3.63) is 68.8 Å². The van der Waals surface area contributed by atoms with E-state index in [0.717, 1.165) is 34.3 Å². The minimum atomic E-state index is -0.0726. The third kappa shape index (κ3) is 3.05. The zero-order valence-electron chi connectivity index (χ0n) is 15.9. The lowest BCUT2D eigenvalue weighted by atomic mass is 9.96. The number of fused-ring (bicyclic) bond motifs is 1. The first-order valence-corrected chi connectivity index (χ1v) is 10.8. The number of aryl methyl sites for hydroxylation is 2. The summed E-state index contributed by atoms with van der Waals surface area (Å²) in [6, 6.07) is 11.8. The van der Waals surface area contributed by atoms with Crippen molar-refractivity contribution < 1.29 is 9.47 Å². The van der Waals surface area contributed by atoms with Gasteiger partial charge in [-0.3, -0.25) is 4.98 Å². The Kier molecular flexibility index (Phi) is 4.62. The predicted molar refractivity (Wildman–Crippen MR) is 123 cm³/mol. The topological polar surface area (TPSA) is 62.4 Å². The number of hydrogen-bond donors (Lipinski definition) is 2. The number of anilines is 1. The fraction of sp³-hybridized carbons (Fsp3) is 0.238. The molecule has 0 bridgehead atoms. The molecule has 0 amide bonds. The summed E-state index contributed by atoms with van der Waals surface area (Å²) in [5.74, 6) is 1.50. The molecule has 0 unspecified atom stereocenters. The van der Waals surface area contributed by atoms with Gasteiger partial charge in [0.25, 0.3) is 0 Å². The van der Waals surface area contributed by atoms with Gasteiger partial charge in [0.15, 0.2) is 16.6 Å². The smallest absolute Gasteiger partial charge is 0.231 e. The number of aromatic nitrogens is 2. The monoisotopic (exact) mass is 518 g/mol. The molecule has 0 radical (unpaired) electrons. The summed E-state index contributed by atoms with van der Waals surface area (Å²) < 4.78 is 12.3. The number of benzene rings is 1. The molecule has 2 aromatic heterocycles. The number of hydrogen-bond acceptors (Lipinski definition) is 4. The molecule has 4 heterocycles. The van der Waals surface area contributed by atoms with Gasteiger partial charge in [0, 0.05) is 38.5 Å². The van der Waals surface area contributed by atoms with Crippen LogP contribution >= 0.6 is 34.8 Å². The van der Waals surface area contributed by atoms with Crippen LogP contribution in [0.25, 0.3) is 0 Å². The van der Waals surface area contributed by atoms with Gasteiger partial charge in [0.05, 0.1) is 17.8 Å². The highest BCUT2D eigenvalue weighted by Crippen LogP contribution is 2.46. The van der Waals surface area contributed by atoms with Gasteiger partial charge in [0.1, 0.15) is 0 Å². The lowest BCUT2D eigenvalue weighted by Crippen LogP contribution is -2.29. The van der Waals surface area contributed by atoms with Crippen molar-refractivity contribution in [3.63, 3.8) is 0 Å². The van der Waals surface area contributed by atoms with Crippen molar-refractivity contribution in [2.24, 2.45) is 0 Å². The maximum Gasteiger partial charge on any atom is 0.231 e. The van der Waals surface area contributed by atoms with Gasteiger partial charge < -0.3 is 24.7 Å². The largest absolute Gasteiger partial charge is 0.454 e. The summed E-state index contributed by atoms with van der Waals surface area (Å²) in [5.41, 5.74) is 5.43. The van der Waals surface area contributed by atoms with Gasteiger partial charge in [-0.2, -0.15) is 0 Å². The second-order valence-electron chi connectivity index (χ2n) is 7.14. The van der Waals surface area contributed by atoms with E-state index in [2.05, 4.69) is 56.6 Å². The fourth-order valence-corrected chi connectivity index (χ4v) is 5.29. The zero-order chi connectivity index (χ0) is 20.1. The second kappa shape index (κ2) is 7.17. The van der Waals surface area contributed by atoms with Crippen LogP contribution in [0.3, 0.4) is 0 Å². The third-order valence-corrected chi connectivity index (χ3v) is 7.08. The average molecular weight is 518 g/mol. The number of rotatable bonds is 3. The minimum absolute atomic E-state index is 0.0466. The summed E-state index contributed by atoms with van der Waals surface area (Å²) in [6.07, 6.45) is 1.82. The number of thiocarbonyl (C=S) groups is 1. The van der Waals surface area contributed by atoms with E-state index in [-0.39, 0.29) is 18.9 Å². The molecular weight excluding hydrogens is 499 g/mol. The van der Waals surface area contributed by atoms with E-state index in [9.17, 15) is 0 Å². The molecule has 5 rings (SSSR count). The first-order valence-electron chi connectivity index (χ1n) is 9.29. The molecule has 8 heteroatoms. The molecule has 2 atom stereocenters. The lowest BCUT2D eigenvalue weighted by Gasteiger charge is -2.28. The van der Waals surface area contributed by atoms with Crippen LogP contribution in [0.1, 0.15) is 34.7 Å². The summed E-state index contributed by atoms with van der Waals surface area (Å²) in [7, 11) is 0. The molecule has 2 aliphatic rings. The van der Waals surface area contributed by atoms with Crippen molar-refractivity contribution in [1.29, 1.82) is 0 Å². The van der Waals surface area contributed by atoms with Crippen molar-refractivity contribution in [2.45, 2.75) is 25.9 Å². The van der Waals surface area contributed by atoms with Crippen LogP contribution in [0, 0.1) is 17.4 Å². The van der Waals surface area contributed by atoms with Gasteiger partial charge in [-0.05, 0) is 72.9 Å². The van der Waals surface area contributed by atoms with Gasteiger partial charge in [-0.25, -0.2) is 0 Å². The Bertz CT molecular complexity index is 1100. The average Bonchev–Trinajstić information content (AvgIpc) is 3.38. The van der Waals surface area contributed by atoms with E-state index in [1.807, 2.05) is 42.6 Å². The summed E-state index contributed by atoms with van der Waals surface area (Å²) in [5, 5.41) is 4.17. The molecule has 29 heavy (non-hydrogen) atoms. The Morgan fingerprint density at radius 1 is 1.14 bits per heavy atom. The first-order chi connectivity index (χ1) is 14.0. The second-order valence-corrected chi connectivity index (χ2v) is 8.60. The quantitative estimate of drug-likeness (QED) is 0.393. The van der Waals surface area contributed by atoms with E-state index in [1.54, 1.807) is 0 Å². The highest BCUT2D eigenvalue weighted by molar-refractivity contribution is 14.1. The predicted octanol–water partition coefficient (Wildman–Crippen LogP) is 4.54. The third-order valence-electron chi connectivity index (χ3n) is 5.37. The van der Waals surface area contributed by atoms with E-state index < -0.39 is 0 Å². The Morgan fingerprint density at radius 2 is 1.97 bits per heavy atom. The van der Waals surface area contributed by atoms with Crippen LogP contribution in [0.4, 0.5) is 5.69 Å². The van der Waals surface area contributed by atoms with Gasteiger partial charge in [-0.15, -0.1) is 0 Å². The van der Waals surface area contributed by atoms with Crippen molar-refractivity contribution in [3.8, 4) is 11.5 Å². The number of nitrogens with one attached hydrogen (secondary N) is 2. The van der Waals surface area contributed by atoms with Crippen LogP contribution in [0.15, 0.2) is 42.6 Å². The van der Waals surface area contributed by atoms with Crippen molar-refractivity contribution in [1.82, 2.24) is 15.3 Å². The number of pyridine rings is 1. The van der Waals surface area contributed by atoms with Gasteiger partial charge in [0.2, 0.25) is 6.79 Å². The molecule has 1 aromatic carbocycles. The summed E-state index contributed by atoms with van der Waals surface area (Å²) >= 11 is 8.22.